The van der Waals surface area contributed by atoms with E-state index >= 15 is 0 Å². The number of ether oxygens (including phenoxy) is 1. The zero-order valence-electron chi connectivity index (χ0n) is 12.8. The third-order valence-electron chi connectivity index (χ3n) is 3.09. The molecule has 0 bridgehead atoms. The van der Waals surface area contributed by atoms with Crippen LogP contribution in [0.25, 0.3) is 0 Å². The highest BCUT2D eigenvalue weighted by molar-refractivity contribution is 8.00. The summed E-state index contributed by atoms with van der Waals surface area (Å²) in [5.74, 6) is 0.570. The number of hydrogen-bond donors (Lipinski definition) is 1. The number of nitrogens with zero attached hydrogens (tertiary/aromatic N) is 1. The summed E-state index contributed by atoms with van der Waals surface area (Å²) in [4.78, 5) is 0.917. The molecule has 0 amide bonds. The molecule has 21 heavy (non-hydrogen) atoms. The predicted octanol–water partition coefficient (Wildman–Crippen LogP) is 2.05. The minimum Gasteiger partial charge on any atom is -0.398 e. The molecule has 1 unspecified atom stereocenters. The molecular weight excluding hydrogens is 308 g/mol. The van der Waals surface area contributed by atoms with Crippen LogP contribution in [0.5, 0.6) is 0 Å². The van der Waals surface area contributed by atoms with Gasteiger partial charge in [-0.15, -0.1) is 11.8 Å². The van der Waals surface area contributed by atoms with Gasteiger partial charge in [-0.05, 0) is 19.1 Å². The molecule has 0 aromatic heterocycles. The van der Waals surface area contributed by atoms with Crippen molar-refractivity contribution in [2.45, 2.75) is 24.8 Å². The first-order chi connectivity index (χ1) is 9.92. The van der Waals surface area contributed by atoms with Crippen molar-refractivity contribution in [3.05, 3.63) is 24.3 Å². The smallest absolute Gasteiger partial charge is 0.215 e. The van der Waals surface area contributed by atoms with E-state index in [1.54, 1.807) is 7.11 Å². The second-order valence-corrected chi connectivity index (χ2v) is 7.89. The molecule has 0 saturated carbocycles. The Morgan fingerprint density at radius 3 is 2.62 bits per heavy atom. The lowest BCUT2D eigenvalue weighted by atomic mass is 10.3. The van der Waals surface area contributed by atoms with Crippen LogP contribution in [0.2, 0.25) is 0 Å². The van der Waals surface area contributed by atoms with Gasteiger partial charge in [-0.2, -0.15) is 4.31 Å². The van der Waals surface area contributed by atoms with Gasteiger partial charge in [0.05, 0.1) is 12.4 Å². The third-order valence-corrected chi connectivity index (χ3v) is 6.49. The Kier molecular flexibility index (Phi) is 7.51. The summed E-state index contributed by atoms with van der Waals surface area (Å²) in [6, 6.07) is 7.32. The van der Waals surface area contributed by atoms with Gasteiger partial charge in [-0.25, -0.2) is 8.42 Å². The average Bonchev–Trinajstić information content (AvgIpc) is 2.41. The molecule has 0 fully saturated rings. The quantitative estimate of drug-likeness (QED) is 0.553. The van der Waals surface area contributed by atoms with Crippen LogP contribution in [-0.4, -0.2) is 50.5 Å². The van der Waals surface area contributed by atoms with E-state index in [0.29, 0.717) is 24.6 Å². The first-order valence-electron chi connectivity index (χ1n) is 6.88. The third kappa shape index (κ3) is 5.50. The molecule has 1 aromatic rings. The van der Waals surface area contributed by atoms with Gasteiger partial charge in [-0.3, -0.25) is 0 Å². The predicted molar refractivity (Wildman–Crippen MR) is 89.1 cm³/mol. The van der Waals surface area contributed by atoms with Crippen LogP contribution >= 0.6 is 11.8 Å². The molecule has 120 valence electrons. The standard InChI is InChI=1S/C14H24N2O3S2/c1-4-16(12(2)11-19-3)21(17,18)10-9-20-14-8-6-5-7-13(14)15/h5-8,12H,4,9-11,15H2,1-3H3. The highest BCUT2D eigenvalue weighted by atomic mass is 32.2. The van der Waals surface area contributed by atoms with Crippen LogP contribution < -0.4 is 5.73 Å². The largest absolute Gasteiger partial charge is 0.398 e. The van der Waals surface area contributed by atoms with Gasteiger partial charge >= 0.3 is 0 Å². The summed E-state index contributed by atoms with van der Waals surface area (Å²) in [6.45, 7) is 4.54. The van der Waals surface area contributed by atoms with Gasteiger partial charge in [0, 0.05) is 36.0 Å². The second kappa shape index (κ2) is 8.63. The summed E-state index contributed by atoms with van der Waals surface area (Å²) in [6.07, 6.45) is 0. The maximum absolute atomic E-state index is 12.4. The zero-order valence-corrected chi connectivity index (χ0v) is 14.4. The minimum absolute atomic E-state index is 0.0912. The van der Waals surface area contributed by atoms with Crippen LogP contribution in [0.15, 0.2) is 29.2 Å². The Labute approximate surface area is 131 Å². The lowest BCUT2D eigenvalue weighted by Crippen LogP contribution is -2.42. The number of benzene rings is 1. The van der Waals surface area contributed by atoms with E-state index in [-0.39, 0.29) is 11.8 Å². The fourth-order valence-electron chi connectivity index (χ4n) is 2.09. The summed E-state index contributed by atoms with van der Waals surface area (Å²) < 4.78 is 31.3. The Hall–Kier alpha value is -0.760. The lowest BCUT2D eigenvalue weighted by Gasteiger charge is -2.26. The number of nitrogen functional groups attached to an aromatic ring is 1. The first kappa shape index (κ1) is 18.3. The number of hydrogen-bond acceptors (Lipinski definition) is 5. The topological polar surface area (TPSA) is 72.6 Å². The number of likely N-dealkylation sites (N-methyl/N-ethyl adjacent to an activating group) is 1. The fourth-order valence-corrected chi connectivity index (χ4v) is 5.14. The first-order valence-corrected chi connectivity index (χ1v) is 9.47. The number of anilines is 1. The van der Waals surface area contributed by atoms with E-state index in [1.807, 2.05) is 38.1 Å². The van der Waals surface area contributed by atoms with Crippen molar-refractivity contribution in [2.75, 3.05) is 37.5 Å². The number of sulfonamides is 1. The molecule has 0 aliphatic rings. The van der Waals surface area contributed by atoms with Crippen LogP contribution in [0.1, 0.15) is 13.8 Å². The number of methoxy groups -OCH3 is 1. The van der Waals surface area contributed by atoms with Crippen molar-refractivity contribution < 1.29 is 13.2 Å². The molecule has 0 spiro atoms. The minimum atomic E-state index is -3.29. The molecule has 0 aliphatic carbocycles. The van der Waals surface area contributed by atoms with E-state index in [4.69, 9.17) is 10.5 Å². The van der Waals surface area contributed by atoms with E-state index < -0.39 is 10.0 Å². The molecule has 0 aliphatic heterocycles. The SMILES string of the molecule is CCN(C(C)COC)S(=O)(=O)CCSc1ccccc1N. The number of nitrogens with two attached hydrogens (primary N) is 1. The van der Waals surface area contributed by atoms with Crippen molar-refractivity contribution >= 4 is 27.5 Å². The van der Waals surface area contributed by atoms with Crippen LogP contribution in [0.4, 0.5) is 5.69 Å². The van der Waals surface area contributed by atoms with Crippen LogP contribution in [0, 0.1) is 0 Å². The summed E-state index contributed by atoms with van der Waals surface area (Å²) in [5, 5.41) is 0. The normalized spacial score (nSPS) is 13.5. The van der Waals surface area contributed by atoms with Crippen molar-refractivity contribution in [2.24, 2.45) is 0 Å². The van der Waals surface area contributed by atoms with Gasteiger partial charge in [0.25, 0.3) is 0 Å². The van der Waals surface area contributed by atoms with Gasteiger partial charge in [0.1, 0.15) is 0 Å². The highest BCUT2D eigenvalue weighted by Crippen LogP contribution is 2.24. The monoisotopic (exact) mass is 332 g/mol. The molecule has 0 heterocycles. The second-order valence-electron chi connectivity index (χ2n) is 4.71. The maximum Gasteiger partial charge on any atom is 0.215 e. The molecule has 1 atom stereocenters. The Balaban J connectivity index is 2.61. The van der Waals surface area contributed by atoms with E-state index in [1.165, 1.54) is 16.1 Å². The molecule has 1 aromatic carbocycles. The number of thioether (sulfide) groups is 1. The van der Waals surface area contributed by atoms with Crippen molar-refractivity contribution in [3.8, 4) is 0 Å². The van der Waals surface area contributed by atoms with Gasteiger partial charge in [0.2, 0.25) is 10.0 Å². The Morgan fingerprint density at radius 2 is 2.05 bits per heavy atom. The van der Waals surface area contributed by atoms with Crippen LogP contribution in [-0.2, 0) is 14.8 Å². The zero-order chi connectivity index (χ0) is 15.9. The molecule has 1 rings (SSSR count). The number of para-hydroxylation sites is 1. The van der Waals surface area contributed by atoms with Crippen molar-refractivity contribution in [1.82, 2.24) is 4.31 Å². The molecule has 2 N–H and O–H groups in total. The summed E-state index contributed by atoms with van der Waals surface area (Å²) in [5.41, 5.74) is 6.53. The van der Waals surface area contributed by atoms with E-state index in [2.05, 4.69) is 0 Å². The molecule has 7 heteroatoms. The summed E-state index contributed by atoms with van der Waals surface area (Å²) >= 11 is 1.46. The molecule has 0 saturated heterocycles. The van der Waals surface area contributed by atoms with Gasteiger partial charge in [-0.1, -0.05) is 19.1 Å². The summed E-state index contributed by atoms with van der Waals surface area (Å²) in [7, 11) is -1.71. The molecule has 5 nitrogen and oxygen atoms in total. The van der Waals surface area contributed by atoms with Crippen molar-refractivity contribution in [1.29, 1.82) is 0 Å². The van der Waals surface area contributed by atoms with Crippen molar-refractivity contribution in [3.63, 3.8) is 0 Å². The van der Waals surface area contributed by atoms with Gasteiger partial charge in [0.15, 0.2) is 0 Å². The average molecular weight is 332 g/mol. The van der Waals surface area contributed by atoms with E-state index in [0.717, 1.165) is 4.90 Å². The molecular formula is C14H24N2O3S2. The van der Waals surface area contributed by atoms with Gasteiger partial charge < -0.3 is 10.5 Å². The Morgan fingerprint density at radius 1 is 1.38 bits per heavy atom. The Bertz CT molecular complexity index is 535. The maximum atomic E-state index is 12.4. The highest BCUT2D eigenvalue weighted by Gasteiger charge is 2.25. The number of rotatable bonds is 9. The molecule has 0 radical (unpaired) electrons. The van der Waals surface area contributed by atoms with E-state index in [9.17, 15) is 8.42 Å². The lowest BCUT2D eigenvalue weighted by molar-refractivity contribution is 0.143. The van der Waals surface area contributed by atoms with Crippen LogP contribution in [0.3, 0.4) is 0 Å². The fraction of sp³-hybridized carbons (Fsp3) is 0.571.